The first-order valence-electron chi connectivity index (χ1n) is 5.89. The van der Waals surface area contributed by atoms with Gasteiger partial charge in [-0.1, -0.05) is 38.5 Å². The molecule has 1 aliphatic carbocycles. The van der Waals surface area contributed by atoms with E-state index in [1.54, 1.807) is 0 Å². The minimum atomic E-state index is -0.368. The zero-order chi connectivity index (χ0) is 12.2. The van der Waals surface area contributed by atoms with Crippen molar-refractivity contribution < 1.29 is 19.1 Å². The lowest BCUT2D eigenvalue weighted by molar-refractivity contribution is -0.149. The minimum absolute atomic E-state index is 0.134. The average molecular weight is 230 g/mol. The third-order valence-corrected chi connectivity index (χ3v) is 2.19. The highest BCUT2D eigenvalue weighted by Gasteiger charge is 1.95. The monoisotopic (exact) mass is 230 g/mol. The third kappa shape index (κ3) is 12.9. The molecule has 0 N–H and O–H groups in total. The molecule has 0 aliphatic heterocycles. The van der Waals surface area contributed by atoms with Crippen LogP contribution < -0.4 is 0 Å². The van der Waals surface area contributed by atoms with Crippen molar-refractivity contribution in [3.63, 3.8) is 0 Å². The fourth-order valence-corrected chi connectivity index (χ4v) is 1.43. The lowest BCUT2D eigenvalue weighted by Gasteiger charge is -2.05. The summed E-state index contributed by atoms with van der Waals surface area (Å²) in [5, 5.41) is 0. The second-order valence-electron chi connectivity index (χ2n) is 3.80. The second-order valence-corrected chi connectivity index (χ2v) is 3.80. The van der Waals surface area contributed by atoms with Crippen LogP contribution in [0, 0.1) is 0 Å². The molecule has 4 nitrogen and oxygen atoms in total. The van der Waals surface area contributed by atoms with Crippen molar-refractivity contribution in [1.82, 2.24) is 0 Å². The molecule has 0 aromatic heterocycles. The Labute approximate surface area is 97.3 Å². The summed E-state index contributed by atoms with van der Waals surface area (Å²) in [7, 11) is 0. The van der Waals surface area contributed by atoms with E-state index in [2.05, 4.69) is 9.47 Å². The summed E-state index contributed by atoms with van der Waals surface area (Å²) in [5.41, 5.74) is 0. The molecular formula is C12H22O4. The number of carbonyl (C=O) groups excluding carboxylic acids is 2. The van der Waals surface area contributed by atoms with Crippen molar-refractivity contribution >= 4 is 11.9 Å². The molecule has 0 saturated heterocycles. The predicted octanol–water partition coefficient (Wildman–Crippen LogP) is 2.45. The van der Waals surface area contributed by atoms with Crippen LogP contribution >= 0.6 is 0 Å². The number of ether oxygens (including phenoxy) is 2. The normalized spacial score (nSPS) is 14.4. The number of carbonyl (C=O) groups is 2. The van der Waals surface area contributed by atoms with Crippen LogP contribution in [0.15, 0.2) is 0 Å². The van der Waals surface area contributed by atoms with Crippen LogP contribution in [-0.4, -0.2) is 25.2 Å². The van der Waals surface area contributed by atoms with Gasteiger partial charge in [0.1, 0.15) is 13.2 Å². The minimum Gasteiger partial charge on any atom is -0.462 e. The Morgan fingerprint density at radius 1 is 0.750 bits per heavy atom. The summed E-state index contributed by atoms with van der Waals surface area (Å²) in [4.78, 5) is 20.3. The molecule has 16 heavy (non-hydrogen) atoms. The summed E-state index contributed by atoms with van der Waals surface area (Å²) >= 11 is 0. The van der Waals surface area contributed by atoms with E-state index in [0.29, 0.717) is 0 Å². The maximum Gasteiger partial charge on any atom is 0.302 e. The highest BCUT2D eigenvalue weighted by Crippen LogP contribution is 2.15. The van der Waals surface area contributed by atoms with E-state index in [0.717, 1.165) is 0 Å². The van der Waals surface area contributed by atoms with E-state index in [-0.39, 0.29) is 25.2 Å². The van der Waals surface area contributed by atoms with Gasteiger partial charge in [0.05, 0.1) is 0 Å². The smallest absolute Gasteiger partial charge is 0.302 e. The SMILES string of the molecule is C1CCCCC1.CC(=O)OCCOC(C)=O. The van der Waals surface area contributed by atoms with Crippen LogP contribution in [0.4, 0.5) is 0 Å². The van der Waals surface area contributed by atoms with Crippen molar-refractivity contribution in [2.24, 2.45) is 0 Å². The van der Waals surface area contributed by atoms with Crippen LogP contribution in [0.1, 0.15) is 52.4 Å². The van der Waals surface area contributed by atoms with E-state index < -0.39 is 0 Å². The van der Waals surface area contributed by atoms with Crippen LogP contribution in [0.5, 0.6) is 0 Å². The van der Waals surface area contributed by atoms with E-state index in [1.807, 2.05) is 0 Å². The van der Waals surface area contributed by atoms with E-state index in [9.17, 15) is 9.59 Å². The van der Waals surface area contributed by atoms with E-state index in [1.165, 1.54) is 52.4 Å². The molecule has 0 bridgehead atoms. The molecule has 1 fully saturated rings. The lowest BCUT2D eigenvalue weighted by Crippen LogP contribution is -2.09. The van der Waals surface area contributed by atoms with Crippen LogP contribution in [-0.2, 0) is 19.1 Å². The number of hydrogen-bond acceptors (Lipinski definition) is 4. The summed E-state index contributed by atoms with van der Waals surface area (Å²) in [5.74, 6) is -0.737. The van der Waals surface area contributed by atoms with Crippen LogP contribution in [0.3, 0.4) is 0 Å². The Morgan fingerprint density at radius 3 is 1.19 bits per heavy atom. The van der Waals surface area contributed by atoms with Crippen LogP contribution in [0.2, 0.25) is 0 Å². The molecular weight excluding hydrogens is 208 g/mol. The summed E-state index contributed by atoms with van der Waals surface area (Å²) < 4.78 is 8.95. The largest absolute Gasteiger partial charge is 0.462 e. The molecule has 94 valence electrons. The van der Waals surface area contributed by atoms with Gasteiger partial charge in [-0.25, -0.2) is 0 Å². The highest BCUT2D eigenvalue weighted by atomic mass is 16.6. The number of hydrogen-bond donors (Lipinski definition) is 0. The predicted molar refractivity (Wildman–Crippen MR) is 61.0 cm³/mol. The first-order chi connectivity index (χ1) is 7.63. The molecule has 1 aliphatic rings. The Balaban J connectivity index is 0.000000315. The number of rotatable bonds is 3. The van der Waals surface area contributed by atoms with Crippen molar-refractivity contribution in [3.8, 4) is 0 Å². The van der Waals surface area contributed by atoms with Crippen molar-refractivity contribution in [2.75, 3.05) is 13.2 Å². The summed E-state index contributed by atoms with van der Waals surface area (Å²) in [6.45, 7) is 2.87. The Hall–Kier alpha value is -1.06. The van der Waals surface area contributed by atoms with Gasteiger partial charge in [-0.3, -0.25) is 9.59 Å². The van der Waals surface area contributed by atoms with Gasteiger partial charge in [0.25, 0.3) is 0 Å². The molecule has 0 aromatic rings. The fourth-order valence-electron chi connectivity index (χ4n) is 1.43. The molecule has 4 heteroatoms. The zero-order valence-electron chi connectivity index (χ0n) is 10.3. The van der Waals surface area contributed by atoms with Gasteiger partial charge in [0.2, 0.25) is 0 Å². The van der Waals surface area contributed by atoms with Crippen molar-refractivity contribution in [1.29, 1.82) is 0 Å². The van der Waals surface area contributed by atoms with Gasteiger partial charge in [-0.05, 0) is 0 Å². The van der Waals surface area contributed by atoms with Gasteiger partial charge >= 0.3 is 11.9 Å². The zero-order valence-corrected chi connectivity index (χ0v) is 10.3. The fraction of sp³-hybridized carbons (Fsp3) is 0.833. The molecule has 1 saturated carbocycles. The quantitative estimate of drug-likeness (QED) is 0.552. The van der Waals surface area contributed by atoms with Gasteiger partial charge < -0.3 is 9.47 Å². The maximum absolute atomic E-state index is 10.1. The van der Waals surface area contributed by atoms with E-state index >= 15 is 0 Å². The van der Waals surface area contributed by atoms with Gasteiger partial charge in [0, 0.05) is 13.8 Å². The third-order valence-electron chi connectivity index (χ3n) is 2.19. The highest BCUT2D eigenvalue weighted by molar-refractivity contribution is 5.66. The van der Waals surface area contributed by atoms with Gasteiger partial charge in [-0.2, -0.15) is 0 Å². The molecule has 0 spiro atoms. The van der Waals surface area contributed by atoms with Gasteiger partial charge in [0.15, 0.2) is 0 Å². The Bertz CT molecular complexity index is 170. The molecule has 0 heterocycles. The van der Waals surface area contributed by atoms with Crippen molar-refractivity contribution in [3.05, 3.63) is 0 Å². The molecule has 0 radical (unpaired) electrons. The summed E-state index contributed by atoms with van der Waals surface area (Å²) in [6.07, 6.45) is 9.00. The van der Waals surface area contributed by atoms with Crippen molar-refractivity contribution in [2.45, 2.75) is 52.4 Å². The Morgan fingerprint density at radius 2 is 1.00 bits per heavy atom. The average Bonchev–Trinajstić information content (AvgIpc) is 2.27. The molecule has 1 rings (SSSR count). The first kappa shape index (κ1) is 14.9. The molecule has 0 amide bonds. The lowest BCUT2D eigenvalue weighted by atomic mass is 10.0. The molecule has 0 aromatic carbocycles. The molecule has 0 atom stereocenters. The van der Waals surface area contributed by atoms with Gasteiger partial charge in [-0.15, -0.1) is 0 Å². The maximum atomic E-state index is 10.1. The van der Waals surface area contributed by atoms with E-state index in [4.69, 9.17) is 0 Å². The summed E-state index contributed by atoms with van der Waals surface area (Å²) in [6, 6.07) is 0. The molecule has 0 unspecified atom stereocenters. The topological polar surface area (TPSA) is 52.6 Å². The Kier molecular flexibility index (Phi) is 9.76. The second kappa shape index (κ2) is 10.5. The first-order valence-corrected chi connectivity index (χ1v) is 5.89. The number of esters is 2. The standard InChI is InChI=1S/C6H10O4.C6H12/c1-5(7)9-3-4-10-6(2)8;1-2-4-6-5-3-1/h3-4H2,1-2H3;1-6H2. The van der Waals surface area contributed by atoms with Crippen LogP contribution in [0.25, 0.3) is 0 Å².